The molecule has 1 aromatic heterocycles. The van der Waals surface area contributed by atoms with Crippen LogP contribution in [0.15, 0.2) is 46.5 Å². The summed E-state index contributed by atoms with van der Waals surface area (Å²) in [5.41, 5.74) is 1.83. The average Bonchev–Trinajstić information content (AvgIpc) is 3.13. The number of fused-ring (bicyclic) bond motifs is 1. The predicted molar refractivity (Wildman–Crippen MR) is 80.9 cm³/mol. The molecule has 22 heavy (non-hydrogen) atoms. The molecule has 2 aromatic rings. The van der Waals surface area contributed by atoms with Crippen molar-refractivity contribution >= 4 is 5.78 Å². The highest BCUT2D eigenvalue weighted by molar-refractivity contribution is 6.02. The molecule has 0 bridgehead atoms. The maximum atomic E-state index is 12.0. The van der Waals surface area contributed by atoms with Crippen molar-refractivity contribution in [2.24, 2.45) is 0 Å². The van der Waals surface area contributed by atoms with Gasteiger partial charge in [0.15, 0.2) is 17.3 Å². The third-order valence-corrected chi connectivity index (χ3v) is 3.34. The van der Waals surface area contributed by atoms with E-state index in [-0.39, 0.29) is 12.6 Å². The normalized spacial score (nSPS) is 13.3. The predicted octanol–water partition coefficient (Wildman–Crippen LogP) is 3.19. The summed E-state index contributed by atoms with van der Waals surface area (Å²) in [5, 5.41) is 3.20. The van der Waals surface area contributed by atoms with E-state index in [4.69, 9.17) is 13.9 Å². The molecule has 1 aromatic carbocycles. The maximum absolute atomic E-state index is 12.0. The summed E-state index contributed by atoms with van der Waals surface area (Å²) in [6, 6.07) is 9.23. The summed E-state index contributed by atoms with van der Waals surface area (Å²) in [6.07, 6.45) is 1.53. The first-order valence-corrected chi connectivity index (χ1v) is 7.03. The second-order valence-corrected chi connectivity index (χ2v) is 5.14. The van der Waals surface area contributed by atoms with Gasteiger partial charge in [0.25, 0.3) is 0 Å². The first-order chi connectivity index (χ1) is 10.6. The lowest BCUT2D eigenvalue weighted by atomic mass is 10.2. The van der Waals surface area contributed by atoms with Gasteiger partial charge in [-0.25, -0.2) is 0 Å². The SMILES string of the molecule is C/C(=C\C(=O)c1ccc(C)o1)NCc1ccc2c(c1)OCO2. The van der Waals surface area contributed by atoms with E-state index in [2.05, 4.69) is 5.32 Å². The van der Waals surface area contributed by atoms with Crippen LogP contribution in [-0.4, -0.2) is 12.6 Å². The molecule has 0 saturated carbocycles. The van der Waals surface area contributed by atoms with Crippen molar-refractivity contribution < 1.29 is 18.7 Å². The molecular weight excluding hydrogens is 282 g/mol. The lowest BCUT2D eigenvalue weighted by molar-refractivity contribution is 0.101. The fraction of sp³-hybridized carbons (Fsp3) is 0.235. The van der Waals surface area contributed by atoms with Crippen LogP contribution in [0.2, 0.25) is 0 Å². The minimum Gasteiger partial charge on any atom is -0.458 e. The summed E-state index contributed by atoms with van der Waals surface area (Å²) >= 11 is 0. The van der Waals surface area contributed by atoms with Crippen molar-refractivity contribution in [1.82, 2.24) is 5.32 Å². The average molecular weight is 299 g/mol. The van der Waals surface area contributed by atoms with Crippen LogP contribution < -0.4 is 14.8 Å². The van der Waals surface area contributed by atoms with E-state index < -0.39 is 0 Å². The Morgan fingerprint density at radius 1 is 1.23 bits per heavy atom. The number of carbonyl (C=O) groups is 1. The second kappa shape index (κ2) is 5.97. The Morgan fingerprint density at radius 3 is 2.82 bits per heavy atom. The molecule has 1 aliphatic heterocycles. The molecular formula is C17H17NO4. The van der Waals surface area contributed by atoms with Crippen LogP contribution in [0, 0.1) is 6.92 Å². The van der Waals surface area contributed by atoms with Crippen molar-refractivity contribution in [2.45, 2.75) is 20.4 Å². The smallest absolute Gasteiger partial charge is 0.231 e. The monoisotopic (exact) mass is 299 g/mol. The lowest BCUT2D eigenvalue weighted by Crippen LogP contribution is -2.12. The Hall–Kier alpha value is -2.69. The Morgan fingerprint density at radius 2 is 2.05 bits per heavy atom. The zero-order valence-electron chi connectivity index (χ0n) is 12.5. The molecule has 3 rings (SSSR count). The van der Waals surface area contributed by atoms with Crippen LogP contribution in [0.1, 0.15) is 28.8 Å². The minimum absolute atomic E-state index is 0.149. The molecule has 0 atom stereocenters. The molecule has 5 nitrogen and oxygen atoms in total. The topological polar surface area (TPSA) is 60.7 Å². The highest BCUT2D eigenvalue weighted by Crippen LogP contribution is 2.32. The van der Waals surface area contributed by atoms with Gasteiger partial charge in [-0.2, -0.15) is 0 Å². The van der Waals surface area contributed by atoms with E-state index in [0.717, 1.165) is 28.5 Å². The van der Waals surface area contributed by atoms with Crippen molar-refractivity contribution in [3.63, 3.8) is 0 Å². The van der Waals surface area contributed by atoms with Crippen molar-refractivity contribution in [2.75, 3.05) is 6.79 Å². The van der Waals surface area contributed by atoms with Gasteiger partial charge >= 0.3 is 0 Å². The van der Waals surface area contributed by atoms with E-state index in [1.165, 1.54) is 6.08 Å². The van der Waals surface area contributed by atoms with Gasteiger partial charge in [0.05, 0.1) is 0 Å². The number of allylic oxidation sites excluding steroid dienone is 2. The Kier molecular flexibility index (Phi) is 3.87. The Balaban J connectivity index is 1.61. The van der Waals surface area contributed by atoms with Crippen molar-refractivity contribution in [1.29, 1.82) is 0 Å². The summed E-state index contributed by atoms with van der Waals surface area (Å²) in [7, 11) is 0. The number of ketones is 1. The Labute approximate surface area is 128 Å². The standard InChI is InChI=1S/C17H17NO4/c1-11(7-14(19)15-5-3-12(2)22-15)18-9-13-4-6-16-17(8-13)21-10-20-16/h3-8,18H,9-10H2,1-2H3/b11-7+. The Bertz CT molecular complexity index is 730. The molecule has 5 heteroatoms. The molecule has 0 aliphatic carbocycles. The molecule has 0 amide bonds. The molecule has 114 valence electrons. The quantitative estimate of drug-likeness (QED) is 0.678. The first-order valence-electron chi connectivity index (χ1n) is 7.03. The number of hydrogen-bond donors (Lipinski definition) is 1. The zero-order chi connectivity index (χ0) is 15.5. The van der Waals surface area contributed by atoms with Crippen LogP contribution in [0.25, 0.3) is 0 Å². The minimum atomic E-state index is -0.149. The molecule has 0 spiro atoms. The number of rotatable bonds is 5. The molecule has 2 heterocycles. The lowest BCUT2D eigenvalue weighted by Gasteiger charge is -2.07. The molecule has 1 aliphatic rings. The van der Waals surface area contributed by atoms with Gasteiger partial charge in [-0.05, 0) is 43.7 Å². The zero-order valence-corrected chi connectivity index (χ0v) is 12.5. The van der Waals surface area contributed by atoms with Gasteiger partial charge in [-0.1, -0.05) is 6.07 Å². The maximum Gasteiger partial charge on any atom is 0.231 e. The van der Waals surface area contributed by atoms with Gasteiger partial charge in [-0.3, -0.25) is 4.79 Å². The van der Waals surface area contributed by atoms with Crippen LogP contribution in [-0.2, 0) is 6.54 Å². The van der Waals surface area contributed by atoms with E-state index in [1.807, 2.05) is 32.0 Å². The molecule has 0 radical (unpaired) electrons. The highest BCUT2D eigenvalue weighted by atomic mass is 16.7. The fourth-order valence-electron chi connectivity index (χ4n) is 2.18. The molecule has 0 fully saturated rings. The summed E-state index contributed by atoms with van der Waals surface area (Å²) in [6.45, 7) is 4.53. The molecule has 0 saturated heterocycles. The van der Waals surface area contributed by atoms with E-state index in [9.17, 15) is 4.79 Å². The van der Waals surface area contributed by atoms with E-state index >= 15 is 0 Å². The number of carbonyl (C=O) groups excluding carboxylic acids is 1. The first kappa shape index (κ1) is 14.3. The van der Waals surface area contributed by atoms with Crippen LogP contribution in [0.3, 0.4) is 0 Å². The number of furan rings is 1. The number of nitrogens with one attached hydrogen (secondary N) is 1. The van der Waals surface area contributed by atoms with Gasteiger partial charge in [0, 0.05) is 18.3 Å². The van der Waals surface area contributed by atoms with Crippen LogP contribution in [0.4, 0.5) is 0 Å². The number of ether oxygens (including phenoxy) is 2. The third kappa shape index (κ3) is 3.14. The van der Waals surface area contributed by atoms with Crippen LogP contribution in [0.5, 0.6) is 11.5 Å². The van der Waals surface area contributed by atoms with Gasteiger partial charge < -0.3 is 19.2 Å². The largest absolute Gasteiger partial charge is 0.458 e. The van der Waals surface area contributed by atoms with Gasteiger partial charge in [0.1, 0.15) is 5.76 Å². The summed E-state index contributed by atoms with van der Waals surface area (Å²) in [5.74, 6) is 2.44. The van der Waals surface area contributed by atoms with Crippen molar-refractivity contribution in [3.8, 4) is 11.5 Å². The number of aryl methyl sites for hydroxylation is 1. The summed E-state index contributed by atoms with van der Waals surface area (Å²) in [4.78, 5) is 12.0. The van der Waals surface area contributed by atoms with E-state index in [1.54, 1.807) is 12.1 Å². The highest BCUT2D eigenvalue weighted by Gasteiger charge is 2.13. The molecule has 0 unspecified atom stereocenters. The number of hydrogen-bond acceptors (Lipinski definition) is 5. The van der Waals surface area contributed by atoms with Gasteiger partial charge in [-0.15, -0.1) is 0 Å². The second-order valence-electron chi connectivity index (χ2n) is 5.14. The summed E-state index contributed by atoms with van der Waals surface area (Å²) < 4.78 is 15.9. The number of benzene rings is 1. The van der Waals surface area contributed by atoms with Crippen molar-refractivity contribution in [3.05, 3.63) is 59.2 Å². The van der Waals surface area contributed by atoms with Gasteiger partial charge in [0.2, 0.25) is 12.6 Å². The third-order valence-electron chi connectivity index (χ3n) is 3.34. The fourth-order valence-corrected chi connectivity index (χ4v) is 2.18. The van der Waals surface area contributed by atoms with E-state index in [0.29, 0.717) is 12.3 Å². The molecule has 1 N–H and O–H groups in total. The van der Waals surface area contributed by atoms with Crippen LogP contribution >= 0.6 is 0 Å².